The monoisotopic (exact) mass is 253 g/mol. The first kappa shape index (κ1) is 13.0. The largest absolute Gasteiger partial charge is 0.454 e. The maximum Gasteiger partial charge on any atom is 0.330 e. The summed E-state index contributed by atoms with van der Waals surface area (Å²) >= 11 is 0. The van der Waals surface area contributed by atoms with E-state index >= 15 is 0 Å². The molecule has 0 saturated heterocycles. The Bertz CT molecular complexity index is 619. The van der Waals surface area contributed by atoms with Gasteiger partial charge in [0.1, 0.15) is 6.10 Å². The van der Waals surface area contributed by atoms with Gasteiger partial charge in [-0.05, 0) is 12.1 Å². The van der Waals surface area contributed by atoms with Gasteiger partial charge in [-0.15, -0.1) is 6.58 Å². The fraction of sp³-hybridized carbons (Fsp3) is 0.125. The summed E-state index contributed by atoms with van der Waals surface area (Å²) in [5.74, 6) is -0.444. The zero-order chi connectivity index (χ0) is 13.7. The summed E-state index contributed by atoms with van der Waals surface area (Å²) in [7, 11) is 0. The van der Waals surface area contributed by atoms with E-state index in [0.717, 1.165) is 22.5 Å². The molecule has 0 spiro atoms. The summed E-state index contributed by atoms with van der Waals surface area (Å²) in [5.41, 5.74) is 1.77. The molecule has 1 aromatic heterocycles. The molecule has 0 radical (unpaired) electrons. The van der Waals surface area contributed by atoms with Crippen molar-refractivity contribution < 1.29 is 9.53 Å². The van der Waals surface area contributed by atoms with Gasteiger partial charge in [-0.25, -0.2) is 4.79 Å². The third-order valence-corrected chi connectivity index (χ3v) is 2.79. The van der Waals surface area contributed by atoms with Crippen molar-refractivity contribution in [2.45, 2.75) is 12.5 Å². The lowest BCUT2D eigenvalue weighted by atomic mass is 10.1. The summed E-state index contributed by atoms with van der Waals surface area (Å²) in [6.45, 7) is 7.09. The van der Waals surface area contributed by atoms with Crippen LogP contribution in [0.15, 0.2) is 61.8 Å². The average Bonchev–Trinajstić information content (AvgIpc) is 2.46. The highest BCUT2D eigenvalue weighted by Crippen LogP contribution is 2.24. The van der Waals surface area contributed by atoms with Crippen LogP contribution in [0, 0.1) is 0 Å². The highest BCUT2D eigenvalue weighted by molar-refractivity contribution is 5.82. The lowest BCUT2D eigenvalue weighted by molar-refractivity contribution is -0.143. The fourth-order valence-electron chi connectivity index (χ4n) is 1.86. The van der Waals surface area contributed by atoms with Gasteiger partial charge in [-0.2, -0.15) is 0 Å². The first-order valence-corrected chi connectivity index (χ1v) is 6.03. The Labute approximate surface area is 112 Å². The lowest BCUT2D eigenvalue weighted by Crippen LogP contribution is -2.09. The Balaban J connectivity index is 2.35. The van der Waals surface area contributed by atoms with E-state index in [-0.39, 0.29) is 6.10 Å². The minimum Gasteiger partial charge on any atom is -0.454 e. The second kappa shape index (κ2) is 5.96. The minimum absolute atomic E-state index is 0.375. The summed E-state index contributed by atoms with van der Waals surface area (Å²) in [6, 6.07) is 9.79. The van der Waals surface area contributed by atoms with Crippen LogP contribution in [0.1, 0.15) is 18.1 Å². The molecule has 0 aliphatic rings. The molecule has 0 saturated carbocycles. The third-order valence-electron chi connectivity index (χ3n) is 2.79. The molecule has 96 valence electrons. The summed E-state index contributed by atoms with van der Waals surface area (Å²) in [4.78, 5) is 15.7. The maximum absolute atomic E-state index is 11.3. The smallest absolute Gasteiger partial charge is 0.330 e. The zero-order valence-electron chi connectivity index (χ0n) is 10.6. The molecule has 3 nitrogen and oxygen atoms in total. The number of benzene rings is 1. The van der Waals surface area contributed by atoms with E-state index in [1.54, 1.807) is 12.3 Å². The van der Waals surface area contributed by atoms with Crippen molar-refractivity contribution >= 4 is 16.9 Å². The molecule has 0 aliphatic heterocycles. The van der Waals surface area contributed by atoms with Gasteiger partial charge >= 0.3 is 5.97 Å². The van der Waals surface area contributed by atoms with Crippen molar-refractivity contribution in [3.8, 4) is 0 Å². The predicted molar refractivity (Wildman–Crippen MR) is 75.6 cm³/mol. The maximum atomic E-state index is 11.3. The molecule has 0 aliphatic carbocycles. The second-order valence-corrected chi connectivity index (χ2v) is 4.12. The van der Waals surface area contributed by atoms with Crippen molar-refractivity contribution in [1.29, 1.82) is 0 Å². The molecule has 0 unspecified atom stereocenters. The van der Waals surface area contributed by atoms with Gasteiger partial charge in [0.25, 0.3) is 0 Å². The van der Waals surface area contributed by atoms with E-state index in [0.29, 0.717) is 6.42 Å². The quantitative estimate of drug-likeness (QED) is 0.464. The van der Waals surface area contributed by atoms with E-state index < -0.39 is 5.97 Å². The molecule has 0 fully saturated rings. The molecule has 19 heavy (non-hydrogen) atoms. The van der Waals surface area contributed by atoms with Gasteiger partial charge < -0.3 is 4.74 Å². The van der Waals surface area contributed by atoms with E-state index in [1.807, 2.05) is 30.3 Å². The van der Waals surface area contributed by atoms with Crippen LogP contribution in [0.5, 0.6) is 0 Å². The lowest BCUT2D eigenvalue weighted by Gasteiger charge is -2.15. The molecular formula is C16H15NO2. The van der Waals surface area contributed by atoms with Gasteiger partial charge in [0.2, 0.25) is 0 Å². The summed E-state index contributed by atoms with van der Waals surface area (Å²) in [5, 5.41) is 1.02. The van der Waals surface area contributed by atoms with Crippen LogP contribution in [0.3, 0.4) is 0 Å². The van der Waals surface area contributed by atoms with Gasteiger partial charge in [-0.3, -0.25) is 4.98 Å². The zero-order valence-corrected chi connectivity index (χ0v) is 10.6. The highest BCUT2D eigenvalue weighted by Gasteiger charge is 2.14. The molecule has 2 aromatic rings. The van der Waals surface area contributed by atoms with Crippen LogP contribution >= 0.6 is 0 Å². The first-order chi connectivity index (χ1) is 9.24. The number of esters is 1. The Morgan fingerprint density at radius 2 is 2.16 bits per heavy atom. The number of para-hydroxylation sites is 1. The van der Waals surface area contributed by atoms with E-state index in [9.17, 15) is 4.79 Å². The standard InChI is InChI=1S/C16H15NO2/c1-3-7-15(19-16(18)4-2)13-10-12-8-5-6-9-14(12)17-11-13/h3-6,8-11,15H,1-2,7H2/t15-/m1/s1. The van der Waals surface area contributed by atoms with Crippen LogP contribution in [-0.2, 0) is 9.53 Å². The number of carbonyl (C=O) groups excluding carboxylic acids is 1. The Morgan fingerprint density at radius 1 is 1.37 bits per heavy atom. The predicted octanol–water partition coefficient (Wildman–Crippen LogP) is 3.58. The number of carbonyl (C=O) groups is 1. The van der Waals surface area contributed by atoms with Crippen molar-refractivity contribution in [3.05, 3.63) is 67.4 Å². The highest BCUT2D eigenvalue weighted by atomic mass is 16.5. The van der Waals surface area contributed by atoms with Crippen LogP contribution in [0.25, 0.3) is 10.9 Å². The van der Waals surface area contributed by atoms with Gasteiger partial charge in [0.05, 0.1) is 5.52 Å². The number of hydrogen-bond acceptors (Lipinski definition) is 3. The molecule has 1 atom stereocenters. The summed E-state index contributed by atoms with van der Waals surface area (Å²) < 4.78 is 5.31. The number of nitrogens with zero attached hydrogens (tertiary/aromatic N) is 1. The Kier molecular flexibility index (Phi) is 4.08. The van der Waals surface area contributed by atoms with Crippen LogP contribution in [0.2, 0.25) is 0 Å². The topological polar surface area (TPSA) is 39.2 Å². The molecule has 0 N–H and O–H groups in total. The third kappa shape index (κ3) is 3.07. The Hall–Kier alpha value is -2.42. The minimum atomic E-state index is -0.444. The summed E-state index contributed by atoms with van der Waals surface area (Å²) in [6.07, 6.45) is 4.77. The van der Waals surface area contributed by atoms with Crippen molar-refractivity contribution in [1.82, 2.24) is 4.98 Å². The van der Waals surface area contributed by atoms with E-state index in [4.69, 9.17) is 4.74 Å². The number of rotatable bonds is 5. The van der Waals surface area contributed by atoms with Crippen molar-refractivity contribution in [3.63, 3.8) is 0 Å². The van der Waals surface area contributed by atoms with Crippen molar-refractivity contribution in [2.75, 3.05) is 0 Å². The SMILES string of the molecule is C=CC[C@@H](OC(=O)C=C)c1cnc2ccccc2c1. The number of aromatic nitrogens is 1. The number of fused-ring (bicyclic) bond motifs is 1. The van der Waals surface area contributed by atoms with Crippen LogP contribution in [0.4, 0.5) is 0 Å². The molecule has 1 aromatic carbocycles. The molecule has 0 amide bonds. The molecule has 1 heterocycles. The molecule has 3 heteroatoms. The normalized spacial score (nSPS) is 11.8. The number of pyridine rings is 1. The fourth-order valence-corrected chi connectivity index (χ4v) is 1.86. The van der Waals surface area contributed by atoms with Gasteiger partial charge in [0, 0.05) is 29.6 Å². The number of hydrogen-bond donors (Lipinski definition) is 0. The van der Waals surface area contributed by atoms with Crippen LogP contribution in [-0.4, -0.2) is 11.0 Å². The molecule has 2 rings (SSSR count). The Morgan fingerprint density at radius 3 is 2.89 bits per heavy atom. The van der Waals surface area contributed by atoms with Crippen molar-refractivity contribution in [2.24, 2.45) is 0 Å². The first-order valence-electron chi connectivity index (χ1n) is 6.03. The van der Waals surface area contributed by atoms with Gasteiger partial charge in [0.15, 0.2) is 0 Å². The molecule has 0 bridgehead atoms. The van der Waals surface area contributed by atoms with Gasteiger partial charge in [-0.1, -0.05) is 30.9 Å². The average molecular weight is 253 g/mol. The number of ether oxygens (including phenoxy) is 1. The van der Waals surface area contributed by atoms with E-state index in [1.165, 1.54) is 0 Å². The second-order valence-electron chi connectivity index (χ2n) is 4.12. The van der Waals surface area contributed by atoms with E-state index in [2.05, 4.69) is 18.1 Å². The molecular weight excluding hydrogens is 238 g/mol. The van der Waals surface area contributed by atoms with Crippen LogP contribution < -0.4 is 0 Å².